The maximum Gasteiger partial charge on any atom is 0.173 e. The Hall–Kier alpha value is -2.18. The molecule has 0 unspecified atom stereocenters. The van der Waals surface area contributed by atoms with Gasteiger partial charge >= 0.3 is 0 Å². The average molecular weight is 406 g/mol. The first kappa shape index (κ1) is 17.6. The molecule has 0 heterocycles. The van der Waals surface area contributed by atoms with E-state index in [2.05, 4.69) is 21.2 Å². The van der Waals surface area contributed by atoms with Crippen LogP contribution in [-0.4, -0.2) is 38.0 Å². The molecular weight excluding hydrogens is 386 g/mol. The number of fused-ring (bicyclic) bond motifs is 3. The summed E-state index contributed by atoms with van der Waals surface area (Å²) in [7, 11) is 4.93. The Bertz CT molecular complexity index is 956. The lowest BCUT2D eigenvalue weighted by molar-refractivity contribution is 0.374. The number of ether oxygens (including phenoxy) is 2. The third-order valence-electron chi connectivity index (χ3n) is 4.39. The number of likely N-dealkylation sites (N-methyl/N-ethyl adjacent to an activating group) is 1. The third-order valence-corrected chi connectivity index (χ3v) is 5.24. The number of benzene rings is 3. The summed E-state index contributed by atoms with van der Waals surface area (Å²) < 4.78 is 11.4. The number of nitrogens with one attached hydrogen (secondary N) is 1. The summed E-state index contributed by atoms with van der Waals surface area (Å²) in [5.41, 5.74) is 0.997. The Morgan fingerprint density at radius 1 is 1.08 bits per heavy atom. The van der Waals surface area contributed by atoms with Crippen molar-refractivity contribution in [2.45, 2.75) is 6.42 Å². The van der Waals surface area contributed by atoms with Gasteiger partial charge in [-0.05, 0) is 69.8 Å². The van der Waals surface area contributed by atoms with E-state index in [9.17, 15) is 10.2 Å². The highest BCUT2D eigenvalue weighted by molar-refractivity contribution is 9.10. The highest BCUT2D eigenvalue weighted by Crippen LogP contribution is 2.48. The molecule has 0 fully saturated rings. The van der Waals surface area contributed by atoms with Crippen LogP contribution in [0.4, 0.5) is 0 Å². The van der Waals surface area contributed by atoms with E-state index in [1.807, 2.05) is 19.2 Å². The first-order valence-electron chi connectivity index (χ1n) is 7.88. The van der Waals surface area contributed by atoms with Crippen molar-refractivity contribution >= 4 is 37.5 Å². The van der Waals surface area contributed by atoms with Crippen molar-refractivity contribution in [3.8, 4) is 23.0 Å². The summed E-state index contributed by atoms with van der Waals surface area (Å²) in [6, 6.07) is 7.36. The molecule has 3 aromatic carbocycles. The summed E-state index contributed by atoms with van der Waals surface area (Å²) in [6.07, 6.45) is 0.742. The summed E-state index contributed by atoms with van der Waals surface area (Å²) in [6.45, 7) is 0.774. The molecule has 3 N–H and O–H groups in total. The van der Waals surface area contributed by atoms with E-state index < -0.39 is 0 Å². The van der Waals surface area contributed by atoms with Gasteiger partial charge in [0.25, 0.3) is 0 Å². The predicted molar refractivity (Wildman–Crippen MR) is 103 cm³/mol. The molecule has 0 aromatic heterocycles. The third kappa shape index (κ3) is 2.85. The van der Waals surface area contributed by atoms with Crippen LogP contribution < -0.4 is 14.8 Å². The van der Waals surface area contributed by atoms with Gasteiger partial charge in [0.05, 0.1) is 18.7 Å². The van der Waals surface area contributed by atoms with Crippen LogP contribution in [-0.2, 0) is 6.42 Å². The zero-order valence-electron chi connectivity index (χ0n) is 14.3. The highest BCUT2D eigenvalue weighted by atomic mass is 79.9. The Labute approximate surface area is 154 Å². The summed E-state index contributed by atoms with van der Waals surface area (Å²) in [5.74, 6) is 0.917. The SMILES string of the molecule is CNCCc1c(Br)c(O)c(OC)c2c1ccc1cc(O)c(OC)cc12. The molecular formula is C19H20BrNO4. The lowest BCUT2D eigenvalue weighted by atomic mass is 9.95. The smallest absolute Gasteiger partial charge is 0.173 e. The number of halogens is 1. The van der Waals surface area contributed by atoms with Gasteiger partial charge in [-0.25, -0.2) is 0 Å². The van der Waals surface area contributed by atoms with Crippen molar-refractivity contribution < 1.29 is 19.7 Å². The highest BCUT2D eigenvalue weighted by Gasteiger charge is 2.20. The van der Waals surface area contributed by atoms with E-state index in [0.29, 0.717) is 16.0 Å². The standard InChI is InChI=1S/C19H20BrNO4/c1-21-7-6-12-11-5-4-10-8-14(22)15(24-2)9-13(10)16(11)19(25-3)18(23)17(12)20/h4-5,8-9,21-23H,6-7H2,1-3H3. The normalized spacial score (nSPS) is 11.2. The molecule has 0 aliphatic rings. The molecule has 5 nitrogen and oxygen atoms in total. The van der Waals surface area contributed by atoms with Crippen LogP contribution in [0.5, 0.6) is 23.0 Å². The van der Waals surface area contributed by atoms with Crippen LogP contribution >= 0.6 is 15.9 Å². The number of aromatic hydroxyl groups is 2. The van der Waals surface area contributed by atoms with Gasteiger partial charge in [0.1, 0.15) is 0 Å². The first-order valence-corrected chi connectivity index (χ1v) is 8.68. The van der Waals surface area contributed by atoms with Crippen molar-refractivity contribution in [2.75, 3.05) is 27.8 Å². The van der Waals surface area contributed by atoms with Gasteiger partial charge in [-0.15, -0.1) is 0 Å². The molecule has 3 rings (SSSR count). The van der Waals surface area contributed by atoms with Crippen LogP contribution in [0.15, 0.2) is 28.7 Å². The second-order valence-electron chi connectivity index (χ2n) is 5.76. The van der Waals surface area contributed by atoms with Crippen molar-refractivity contribution in [3.05, 3.63) is 34.3 Å². The molecule has 0 aliphatic heterocycles. The maximum atomic E-state index is 10.6. The van der Waals surface area contributed by atoms with Gasteiger partial charge in [-0.3, -0.25) is 0 Å². The Kier molecular flexibility index (Phi) is 4.92. The van der Waals surface area contributed by atoms with Crippen molar-refractivity contribution in [1.29, 1.82) is 0 Å². The fraction of sp³-hybridized carbons (Fsp3) is 0.263. The Morgan fingerprint density at radius 3 is 2.48 bits per heavy atom. The number of phenols is 2. The second kappa shape index (κ2) is 6.98. The van der Waals surface area contributed by atoms with Crippen LogP contribution in [0, 0.1) is 0 Å². The van der Waals surface area contributed by atoms with Crippen LogP contribution in [0.1, 0.15) is 5.56 Å². The molecule has 0 spiro atoms. The molecule has 0 amide bonds. The molecule has 132 valence electrons. The molecule has 6 heteroatoms. The molecule has 0 saturated heterocycles. The summed E-state index contributed by atoms with van der Waals surface area (Å²) in [5, 5.41) is 27.3. The number of hydrogen-bond donors (Lipinski definition) is 3. The molecule has 0 saturated carbocycles. The van der Waals surface area contributed by atoms with Crippen molar-refractivity contribution in [2.24, 2.45) is 0 Å². The first-order chi connectivity index (χ1) is 12.0. The predicted octanol–water partition coefficient (Wildman–Crippen LogP) is 3.95. The maximum absolute atomic E-state index is 10.6. The number of hydrogen-bond acceptors (Lipinski definition) is 5. The quantitative estimate of drug-likeness (QED) is 0.560. The lowest BCUT2D eigenvalue weighted by Gasteiger charge is -2.18. The average Bonchev–Trinajstić information content (AvgIpc) is 2.61. The summed E-state index contributed by atoms with van der Waals surface area (Å²) in [4.78, 5) is 0. The van der Waals surface area contributed by atoms with E-state index in [1.54, 1.807) is 12.1 Å². The largest absolute Gasteiger partial charge is 0.504 e. The van der Waals surface area contributed by atoms with E-state index in [1.165, 1.54) is 14.2 Å². The minimum absolute atomic E-state index is 0.0700. The molecule has 25 heavy (non-hydrogen) atoms. The molecule has 0 bridgehead atoms. The number of rotatable bonds is 5. The minimum atomic E-state index is 0.0700. The van der Waals surface area contributed by atoms with Gasteiger partial charge in [0.15, 0.2) is 23.0 Å². The fourth-order valence-corrected chi connectivity index (χ4v) is 3.76. The molecule has 0 aliphatic carbocycles. The van der Waals surface area contributed by atoms with Gasteiger partial charge in [-0.1, -0.05) is 12.1 Å². The van der Waals surface area contributed by atoms with Crippen LogP contribution in [0.25, 0.3) is 21.5 Å². The van der Waals surface area contributed by atoms with Gasteiger partial charge in [-0.2, -0.15) is 0 Å². The minimum Gasteiger partial charge on any atom is -0.504 e. The van der Waals surface area contributed by atoms with Crippen LogP contribution in [0.3, 0.4) is 0 Å². The second-order valence-corrected chi connectivity index (χ2v) is 6.55. The zero-order valence-corrected chi connectivity index (χ0v) is 15.9. The molecule has 0 atom stereocenters. The van der Waals surface area contributed by atoms with Crippen molar-refractivity contribution in [1.82, 2.24) is 5.32 Å². The van der Waals surface area contributed by atoms with E-state index in [4.69, 9.17) is 9.47 Å². The lowest BCUT2D eigenvalue weighted by Crippen LogP contribution is -2.11. The monoisotopic (exact) mass is 405 g/mol. The Balaban J connectivity index is 2.48. The molecule has 3 aromatic rings. The summed E-state index contributed by atoms with van der Waals surface area (Å²) >= 11 is 3.50. The van der Waals surface area contributed by atoms with Gasteiger partial charge in [0.2, 0.25) is 0 Å². The fourth-order valence-electron chi connectivity index (χ4n) is 3.17. The zero-order chi connectivity index (χ0) is 18.1. The molecule has 0 radical (unpaired) electrons. The number of phenolic OH excluding ortho intramolecular Hbond substituents is 2. The van der Waals surface area contributed by atoms with Gasteiger partial charge in [0, 0.05) is 5.39 Å². The Morgan fingerprint density at radius 2 is 1.84 bits per heavy atom. The van der Waals surface area contributed by atoms with E-state index in [-0.39, 0.29) is 11.5 Å². The van der Waals surface area contributed by atoms with E-state index in [0.717, 1.165) is 40.1 Å². The number of methoxy groups -OCH3 is 2. The van der Waals surface area contributed by atoms with E-state index >= 15 is 0 Å². The van der Waals surface area contributed by atoms with Crippen molar-refractivity contribution in [3.63, 3.8) is 0 Å². The van der Waals surface area contributed by atoms with Crippen LogP contribution in [0.2, 0.25) is 0 Å². The van der Waals surface area contributed by atoms with Gasteiger partial charge < -0.3 is 25.0 Å². The topological polar surface area (TPSA) is 71.0 Å².